The molecule has 7 aliphatic heterocycles. The molecule has 23 N–H and O–H groups in total. The lowest BCUT2D eigenvalue weighted by atomic mass is 9.73. The first-order valence-corrected chi connectivity index (χ1v) is 28.5. The highest BCUT2D eigenvalue weighted by Crippen LogP contribution is 2.65. The number of aliphatic hydroxyl groups excluding tert-OH is 4. The van der Waals surface area contributed by atoms with Crippen LogP contribution < -0.4 is 4.74 Å². The van der Waals surface area contributed by atoms with Crippen molar-refractivity contribution in [3.05, 3.63) is 92.5 Å². The second kappa shape index (κ2) is 22.7. The van der Waals surface area contributed by atoms with E-state index in [4.69, 9.17) is 37.9 Å². The zero-order valence-electron chi connectivity index (χ0n) is 48.9. The third-order valence-corrected chi connectivity index (χ3v) is 17.6. The number of phenolic OH excluding ortho intramolecular Hbond substituents is 19. The van der Waals surface area contributed by atoms with Gasteiger partial charge in [0, 0.05) is 50.6 Å². The molecule has 12 atom stereocenters. The summed E-state index contributed by atoms with van der Waals surface area (Å²) in [5.41, 5.74) is -20.0. The fourth-order valence-corrected chi connectivity index (χ4v) is 12.9. The van der Waals surface area contributed by atoms with E-state index in [0.717, 1.165) is 18.2 Å². The van der Waals surface area contributed by atoms with Crippen LogP contribution >= 0.6 is 0 Å². The van der Waals surface area contributed by atoms with Crippen LogP contribution in [-0.4, -0.2) is 228 Å². The van der Waals surface area contributed by atoms with Gasteiger partial charge >= 0.3 is 29.8 Å². The molecular weight excluding hydrogens is 1340 g/mol. The molecule has 0 aliphatic carbocycles. The first-order valence-electron chi connectivity index (χ1n) is 28.5. The topological polar surface area (TPSA) is 642 Å². The lowest BCUT2D eigenvalue weighted by Gasteiger charge is -2.44. The van der Waals surface area contributed by atoms with E-state index in [0.29, 0.717) is 12.1 Å². The summed E-state index contributed by atoms with van der Waals surface area (Å²) < 4.78 is 47.5. The van der Waals surface area contributed by atoms with Gasteiger partial charge in [-0.2, -0.15) is 0 Å². The molecule has 7 aromatic rings. The molecule has 1 saturated heterocycles. The highest BCUT2D eigenvalue weighted by molar-refractivity contribution is 6.17. The number of rotatable bonds is 5. The zero-order valence-corrected chi connectivity index (χ0v) is 48.9. The van der Waals surface area contributed by atoms with Crippen LogP contribution in [-0.2, 0) is 33.2 Å². The highest BCUT2D eigenvalue weighted by atomic mass is 16.7. The van der Waals surface area contributed by atoms with Crippen LogP contribution in [0.3, 0.4) is 0 Å². The number of aliphatic hydroxyl groups is 4. The molecule has 0 spiro atoms. The second-order valence-corrected chi connectivity index (χ2v) is 23.0. The van der Waals surface area contributed by atoms with Gasteiger partial charge in [-0.15, -0.1) is 0 Å². The first kappa shape index (κ1) is 65.0. The summed E-state index contributed by atoms with van der Waals surface area (Å²) in [6, 6.07) is 3.60. The Labute approximate surface area is 545 Å². The first-order chi connectivity index (χ1) is 46.7. The molecule has 0 saturated carbocycles. The number of ketones is 1. The van der Waals surface area contributed by atoms with Crippen molar-refractivity contribution in [2.45, 2.75) is 73.2 Å². The standard InChI is InChI=1S/C62H46O37/c63-8-21-38(74)47(83)50(86)62(94-21)99-55-46(82)27-17(67)7-16(66)26(53(27)95-51(55)10-1-2-14(64)15(65)3-10)32-31-34-30(44(80)49(85)45(31)81)29-33-28(42(78)48(84)43(29)79)25-13(6-20(70)37(73)41(25)77)58(88)93-22-9-92-57(87)11-4-18(68)35(71)39(75)23(11)24-12(5-19(69)36(72)40(24)76)59(89)96-52(22)56(98-61(33)91)54(32)97-60(34)90/h1-7,21-22,32,38,47,50-52,54-56,62-81,83-86H,8-9H2/t21-,22+,32+,38-,47+,50-,51-,52-,54?,55+,56?,62+/m1/s1. The Balaban J connectivity index is 1.16. The maximum atomic E-state index is 16.1. The van der Waals surface area contributed by atoms with Crippen LogP contribution in [0.4, 0.5) is 0 Å². The van der Waals surface area contributed by atoms with Gasteiger partial charge < -0.3 is 155 Å². The Morgan fingerprint density at radius 2 is 0.869 bits per heavy atom. The van der Waals surface area contributed by atoms with Crippen LogP contribution in [0.2, 0.25) is 0 Å². The van der Waals surface area contributed by atoms with E-state index >= 15 is 24.0 Å². The molecule has 37 nitrogen and oxygen atoms in total. The fraction of sp³-hybridized carbons (Fsp3) is 0.226. The van der Waals surface area contributed by atoms with Crippen LogP contribution in [0.15, 0.2) is 42.5 Å². The number of Topliss-reactive ketones (excluding diaryl/α,β-unsaturated/α-hetero) is 1. The van der Waals surface area contributed by atoms with Gasteiger partial charge in [0.2, 0.25) is 34.5 Å². The van der Waals surface area contributed by atoms with Gasteiger partial charge in [0.25, 0.3) is 0 Å². The number of esters is 5. The third kappa shape index (κ3) is 9.38. The van der Waals surface area contributed by atoms with Crippen LogP contribution in [0.1, 0.15) is 90.9 Å². The minimum Gasteiger partial charge on any atom is -0.507 e. The van der Waals surface area contributed by atoms with Crippen molar-refractivity contribution in [3.63, 3.8) is 0 Å². The average Bonchev–Trinajstić information content (AvgIpc) is 1.32. The summed E-state index contributed by atoms with van der Waals surface area (Å²) in [5, 5.41) is 262. The minimum absolute atomic E-state index is 0.236. The summed E-state index contributed by atoms with van der Waals surface area (Å²) >= 11 is 0. The predicted molar refractivity (Wildman–Crippen MR) is 309 cm³/mol. The number of aromatic hydroxyl groups is 19. The number of fused-ring (bicyclic) bond motifs is 8. The molecular formula is C62H46O37. The molecule has 7 aromatic carbocycles. The van der Waals surface area contributed by atoms with Crippen molar-refractivity contribution in [3.8, 4) is 148 Å². The molecule has 0 radical (unpaired) electrons. The number of ether oxygens (including phenoxy) is 8. The van der Waals surface area contributed by atoms with E-state index in [9.17, 15) is 122 Å². The maximum absolute atomic E-state index is 16.1. The third-order valence-electron chi connectivity index (χ3n) is 17.6. The van der Waals surface area contributed by atoms with Crippen molar-refractivity contribution in [1.82, 2.24) is 0 Å². The summed E-state index contributed by atoms with van der Waals surface area (Å²) in [5.74, 6) is -45.7. The van der Waals surface area contributed by atoms with Crippen LogP contribution in [0, 0.1) is 0 Å². The van der Waals surface area contributed by atoms with Crippen molar-refractivity contribution in [2.75, 3.05) is 13.2 Å². The Morgan fingerprint density at radius 1 is 0.384 bits per heavy atom. The second-order valence-electron chi connectivity index (χ2n) is 23.0. The molecule has 2 unspecified atom stereocenters. The van der Waals surface area contributed by atoms with E-state index in [1.54, 1.807) is 0 Å². The monoisotopic (exact) mass is 1380 g/mol. The summed E-state index contributed by atoms with van der Waals surface area (Å²) in [7, 11) is 0. The van der Waals surface area contributed by atoms with Crippen molar-refractivity contribution in [1.29, 1.82) is 0 Å². The number of carbonyl (C=O) groups excluding carboxylic acids is 6. The van der Waals surface area contributed by atoms with Crippen molar-refractivity contribution >= 4 is 35.6 Å². The largest absolute Gasteiger partial charge is 0.507 e. The number of carbonyl (C=O) groups is 6. The molecule has 7 aliphatic rings. The van der Waals surface area contributed by atoms with Gasteiger partial charge in [0.15, 0.2) is 112 Å². The Morgan fingerprint density at radius 3 is 1.43 bits per heavy atom. The van der Waals surface area contributed by atoms with E-state index in [1.807, 2.05) is 0 Å². The van der Waals surface area contributed by atoms with Crippen molar-refractivity contribution < 1.29 is 184 Å². The molecule has 37 heteroatoms. The number of hydrogen-bond donors (Lipinski definition) is 23. The lowest BCUT2D eigenvalue weighted by molar-refractivity contribution is -0.311. The molecule has 99 heavy (non-hydrogen) atoms. The molecule has 6 bridgehead atoms. The van der Waals surface area contributed by atoms with E-state index in [2.05, 4.69) is 0 Å². The fourth-order valence-electron chi connectivity index (χ4n) is 12.9. The smallest absolute Gasteiger partial charge is 0.340 e. The number of cyclic esters (lactones) is 1. The van der Waals surface area contributed by atoms with Gasteiger partial charge in [0.05, 0.1) is 40.3 Å². The lowest BCUT2D eigenvalue weighted by Crippen LogP contribution is -2.60. The molecule has 0 amide bonds. The van der Waals surface area contributed by atoms with Crippen molar-refractivity contribution in [2.24, 2.45) is 0 Å². The molecule has 0 aromatic heterocycles. The van der Waals surface area contributed by atoms with Crippen LogP contribution in [0.5, 0.6) is 115 Å². The quantitative estimate of drug-likeness (QED) is 0.0642. The summed E-state index contributed by atoms with van der Waals surface area (Å²) in [6.07, 6.45) is -27.6. The molecule has 516 valence electrons. The molecule has 14 rings (SSSR count). The maximum Gasteiger partial charge on any atom is 0.340 e. The van der Waals surface area contributed by atoms with E-state index in [1.165, 1.54) is 0 Å². The van der Waals surface area contributed by atoms with Gasteiger partial charge in [-0.1, -0.05) is 6.07 Å². The SMILES string of the molecule is O=C1OC[C@@H]2OC(=O)c3cc(O)c(O)c(O)c3-c3c(O)c(O)c(O)c4c3C(=O)OC(C3OC(=O)c5c-4c(O)c(O)c(O)c5[C@@H]3c3c(O)cc(O)c4c3O[C@H](c3ccc(O)c(O)c3)[C@@H](O[C@@H]3O[C@H](CO)[C@@H](O)[C@H](O)[C@H]3O)C4=O)[C@@H]2OC(=O)c2cc(O)c(O)c(O)c2-c2c1cc(O)c(O)c2O. The normalized spacial score (nSPS) is 24.5. The number of hydrogen-bond acceptors (Lipinski definition) is 37. The van der Waals surface area contributed by atoms with Crippen LogP contribution in [0.25, 0.3) is 33.4 Å². The molecule has 7 heterocycles. The van der Waals surface area contributed by atoms with Gasteiger partial charge in [0.1, 0.15) is 53.8 Å². The summed E-state index contributed by atoms with van der Waals surface area (Å²) in [6.45, 7) is -2.82. The number of benzene rings is 7. The highest BCUT2D eigenvalue weighted by Gasteiger charge is 2.59. The Hall–Kier alpha value is -12.7. The van der Waals surface area contributed by atoms with Gasteiger partial charge in [-0.05, 0) is 35.9 Å². The minimum atomic E-state index is -3.20. The zero-order chi connectivity index (χ0) is 71.6. The Bertz CT molecular complexity index is 4800. The summed E-state index contributed by atoms with van der Waals surface area (Å²) in [4.78, 5) is 92.6. The molecule has 1 fully saturated rings. The van der Waals surface area contributed by atoms with E-state index < -0.39 is 321 Å². The Kier molecular flexibility index (Phi) is 14.9. The predicted octanol–water partition coefficient (Wildman–Crippen LogP) is 0.740. The van der Waals surface area contributed by atoms with Gasteiger partial charge in [-0.3, -0.25) is 4.79 Å². The average molecular weight is 1380 g/mol. The number of phenols is 19. The van der Waals surface area contributed by atoms with E-state index in [-0.39, 0.29) is 12.1 Å². The van der Waals surface area contributed by atoms with Gasteiger partial charge in [-0.25, -0.2) is 24.0 Å².